The lowest BCUT2D eigenvalue weighted by atomic mass is 9.71. The van der Waals surface area contributed by atoms with E-state index in [1.807, 2.05) is 36.4 Å². The second-order valence-electron chi connectivity index (χ2n) is 10.7. The first kappa shape index (κ1) is 30.3. The van der Waals surface area contributed by atoms with Crippen molar-refractivity contribution in [3.8, 4) is 17.2 Å². The number of benzene rings is 3. The molecule has 0 bridgehead atoms. The molecule has 0 saturated carbocycles. The van der Waals surface area contributed by atoms with E-state index in [2.05, 4.69) is 5.32 Å². The van der Waals surface area contributed by atoms with Crippen molar-refractivity contribution in [2.45, 2.75) is 38.5 Å². The van der Waals surface area contributed by atoms with Crippen LogP contribution in [0.25, 0.3) is 0 Å². The third kappa shape index (κ3) is 6.15. The first-order chi connectivity index (χ1) is 21.2. The molecule has 1 aliphatic heterocycles. The Morgan fingerprint density at radius 2 is 1.66 bits per heavy atom. The van der Waals surface area contributed by atoms with Crippen LogP contribution in [0.15, 0.2) is 89.3 Å². The summed E-state index contributed by atoms with van der Waals surface area (Å²) in [6.45, 7) is 3.51. The van der Waals surface area contributed by atoms with Gasteiger partial charge in [0, 0.05) is 40.9 Å². The predicted molar refractivity (Wildman–Crippen MR) is 163 cm³/mol. The van der Waals surface area contributed by atoms with Crippen molar-refractivity contribution in [1.29, 1.82) is 0 Å². The summed E-state index contributed by atoms with van der Waals surface area (Å²) in [5.74, 6) is 0.0279. The number of rotatable bonds is 10. The molecule has 1 N–H and O–H groups in total. The quantitative estimate of drug-likeness (QED) is 0.131. The zero-order valence-corrected chi connectivity index (χ0v) is 25.0. The SMILES string of the molecule is COc1ccc(C2CC(=O)C3=C(C2)NC(C)=C(C(=O)OCCOc2ccccc2)C3c2ccc(C)c([N+](=O)[O-])c2)cc1OC. The van der Waals surface area contributed by atoms with Crippen LogP contribution in [-0.2, 0) is 14.3 Å². The second-order valence-corrected chi connectivity index (χ2v) is 10.7. The Labute approximate surface area is 255 Å². The lowest BCUT2D eigenvalue weighted by molar-refractivity contribution is -0.385. The maximum absolute atomic E-state index is 14.0. The number of esters is 1. The summed E-state index contributed by atoms with van der Waals surface area (Å²) in [6, 6.07) is 19.6. The molecule has 1 aliphatic carbocycles. The summed E-state index contributed by atoms with van der Waals surface area (Å²) in [5.41, 5.74) is 3.63. The molecular weight excluding hydrogens is 564 g/mol. The number of nitro groups is 1. The highest BCUT2D eigenvalue weighted by Gasteiger charge is 2.42. The van der Waals surface area contributed by atoms with Crippen molar-refractivity contribution < 1.29 is 33.5 Å². The van der Waals surface area contributed by atoms with Gasteiger partial charge in [-0.1, -0.05) is 36.4 Å². The average molecular weight is 599 g/mol. The summed E-state index contributed by atoms with van der Waals surface area (Å²) in [7, 11) is 3.12. The minimum atomic E-state index is -0.841. The van der Waals surface area contributed by atoms with E-state index >= 15 is 0 Å². The largest absolute Gasteiger partial charge is 0.493 e. The Morgan fingerprint density at radius 1 is 0.932 bits per heavy atom. The smallest absolute Gasteiger partial charge is 0.336 e. The number of carbonyl (C=O) groups is 2. The van der Waals surface area contributed by atoms with Gasteiger partial charge in [0.25, 0.3) is 5.69 Å². The van der Waals surface area contributed by atoms with Gasteiger partial charge in [0.05, 0.1) is 24.7 Å². The van der Waals surface area contributed by atoms with Crippen LogP contribution < -0.4 is 19.5 Å². The van der Waals surface area contributed by atoms with E-state index in [9.17, 15) is 19.7 Å². The summed E-state index contributed by atoms with van der Waals surface area (Å²) in [6.07, 6.45) is 0.679. The summed E-state index contributed by atoms with van der Waals surface area (Å²) in [5, 5.41) is 15.2. The van der Waals surface area contributed by atoms with Crippen LogP contribution in [0.1, 0.15) is 48.3 Å². The molecule has 2 aliphatic rings. The number of Topliss-reactive ketones (excluding diaryl/α,β-unsaturated/α-hetero) is 1. The van der Waals surface area contributed by atoms with E-state index in [-0.39, 0.29) is 42.6 Å². The third-order valence-electron chi connectivity index (χ3n) is 8.02. The van der Waals surface area contributed by atoms with E-state index in [1.165, 1.54) is 6.07 Å². The zero-order chi connectivity index (χ0) is 31.4. The first-order valence-electron chi connectivity index (χ1n) is 14.3. The molecule has 3 aromatic rings. The Morgan fingerprint density at radius 3 is 2.36 bits per heavy atom. The van der Waals surface area contributed by atoms with Gasteiger partial charge in [0.15, 0.2) is 17.3 Å². The molecule has 228 valence electrons. The van der Waals surface area contributed by atoms with Crippen molar-refractivity contribution in [1.82, 2.24) is 5.32 Å². The van der Waals surface area contributed by atoms with Gasteiger partial charge in [-0.3, -0.25) is 14.9 Å². The number of hydrogen-bond donors (Lipinski definition) is 1. The molecule has 0 radical (unpaired) electrons. The molecule has 1 heterocycles. The summed E-state index contributed by atoms with van der Waals surface area (Å²) in [4.78, 5) is 39.0. The van der Waals surface area contributed by atoms with Crippen LogP contribution in [0.2, 0.25) is 0 Å². The van der Waals surface area contributed by atoms with Crippen molar-refractivity contribution in [3.63, 3.8) is 0 Å². The minimum absolute atomic E-state index is 0.0213. The van der Waals surface area contributed by atoms with Gasteiger partial charge in [-0.2, -0.15) is 0 Å². The molecule has 3 aromatic carbocycles. The molecule has 0 saturated heterocycles. The van der Waals surface area contributed by atoms with Crippen molar-refractivity contribution in [2.75, 3.05) is 27.4 Å². The number of carbonyl (C=O) groups excluding carboxylic acids is 2. The molecule has 2 atom stereocenters. The van der Waals surface area contributed by atoms with Gasteiger partial charge in [-0.05, 0) is 61.6 Å². The van der Waals surface area contributed by atoms with Gasteiger partial charge in [0.2, 0.25) is 0 Å². The molecule has 5 rings (SSSR count). The summed E-state index contributed by atoms with van der Waals surface area (Å²) >= 11 is 0. The van der Waals surface area contributed by atoms with Crippen LogP contribution in [-0.4, -0.2) is 44.1 Å². The molecule has 10 nitrogen and oxygen atoms in total. The fourth-order valence-corrected chi connectivity index (χ4v) is 5.88. The van der Waals surface area contributed by atoms with Gasteiger partial charge in [-0.15, -0.1) is 0 Å². The lowest BCUT2D eigenvalue weighted by Crippen LogP contribution is -2.36. The van der Waals surface area contributed by atoms with E-state index in [4.69, 9.17) is 18.9 Å². The fraction of sp³-hybridized carbons (Fsp3) is 0.294. The normalized spacial score (nSPS) is 17.9. The number of dihydropyridines is 1. The van der Waals surface area contributed by atoms with Gasteiger partial charge < -0.3 is 24.3 Å². The number of nitrogens with one attached hydrogen (secondary N) is 1. The van der Waals surface area contributed by atoms with E-state index in [0.717, 1.165) is 5.56 Å². The number of para-hydroxylation sites is 1. The van der Waals surface area contributed by atoms with Crippen LogP contribution >= 0.6 is 0 Å². The highest BCUT2D eigenvalue weighted by molar-refractivity contribution is 6.04. The lowest BCUT2D eigenvalue weighted by Gasteiger charge is -2.36. The van der Waals surface area contributed by atoms with E-state index in [0.29, 0.717) is 51.8 Å². The zero-order valence-electron chi connectivity index (χ0n) is 25.0. The number of aryl methyl sites for hydroxylation is 1. The van der Waals surface area contributed by atoms with E-state index < -0.39 is 16.8 Å². The topological polar surface area (TPSA) is 126 Å². The monoisotopic (exact) mass is 598 g/mol. The van der Waals surface area contributed by atoms with Crippen molar-refractivity contribution in [3.05, 3.63) is 116 Å². The van der Waals surface area contributed by atoms with Crippen LogP contribution in [0.3, 0.4) is 0 Å². The Hall–Kier alpha value is -5.12. The third-order valence-corrected chi connectivity index (χ3v) is 8.02. The van der Waals surface area contributed by atoms with Gasteiger partial charge >= 0.3 is 5.97 Å². The number of nitro benzene ring substituents is 1. The van der Waals surface area contributed by atoms with Crippen LogP contribution in [0.4, 0.5) is 5.69 Å². The standard InChI is InChI=1S/C34H34N2O8/c1-20-10-11-23(17-27(20)36(39)40)32-31(34(38)44-15-14-43-25-8-6-5-7-9-25)21(2)35-26-16-24(18-28(37)33(26)32)22-12-13-29(41-3)30(19-22)42-4/h5-13,17,19,24,32,35H,14-16,18H2,1-4H3. The number of ketones is 1. The molecule has 2 unspecified atom stereocenters. The Bertz CT molecular complexity index is 1660. The number of methoxy groups -OCH3 is 2. The van der Waals surface area contributed by atoms with E-state index in [1.54, 1.807) is 52.3 Å². The van der Waals surface area contributed by atoms with Crippen molar-refractivity contribution >= 4 is 17.4 Å². The van der Waals surface area contributed by atoms with Crippen LogP contribution in [0.5, 0.6) is 17.2 Å². The minimum Gasteiger partial charge on any atom is -0.493 e. The molecule has 44 heavy (non-hydrogen) atoms. The molecule has 0 amide bonds. The highest BCUT2D eigenvalue weighted by Crippen LogP contribution is 2.47. The number of allylic oxidation sites excluding steroid dienone is 3. The maximum atomic E-state index is 14.0. The molecule has 0 fully saturated rings. The number of nitrogens with zero attached hydrogens (tertiary/aromatic N) is 1. The molecule has 10 heteroatoms. The summed E-state index contributed by atoms with van der Waals surface area (Å²) < 4.78 is 22.1. The van der Waals surface area contributed by atoms with Gasteiger partial charge in [0.1, 0.15) is 19.0 Å². The number of hydrogen-bond acceptors (Lipinski definition) is 9. The highest BCUT2D eigenvalue weighted by atomic mass is 16.6. The second kappa shape index (κ2) is 13.0. The van der Waals surface area contributed by atoms with Crippen molar-refractivity contribution in [2.24, 2.45) is 0 Å². The van der Waals surface area contributed by atoms with Gasteiger partial charge in [-0.25, -0.2) is 4.79 Å². The fourth-order valence-electron chi connectivity index (χ4n) is 5.88. The number of ether oxygens (including phenoxy) is 4. The Balaban J connectivity index is 1.48. The molecule has 0 aromatic heterocycles. The predicted octanol–water partition coefficient (Wildman–Crippen LogP) is 5.90. The Kier molecular flexibility index (Phi) is 8.99. The first-order valence-corrected chi connectivity index (χ1v) is 14.3. The molecule has 0 spiro atoms. The average Bonchev–Trinajstić information content (AvgIpc) is 3.02. The maximum Gasteiger partial charge on any atom is 0.336 e. The van der Waals surface area contributed by atoms with Crippen LogP contribution in [0, 0.1) is 17.0 Å². The molecular formula is C34H34N2O8.